The van der Waals surface area contributed by atoms with Crippen molar-refractivity contribution in [2.24, 2.45) is 0 Å². The van der Waals surface area contributed by atoms with Crippen LogP contribution in [0.15, 0.2) is 53.4 Å². The average molecular weight is 389 g/mol. The van der Waals surface area contributed by atoms with Gasteiger partial charge in [-0.2, -0.15) is 0 Å². The van der Waals surface area contributed by atoms with Crippen LogP contribution in [0, 0.1) is 5.82 Å². The molecule has 1 aliphatic rings. The van der Waals surface area contributed by atoms with Gasteiger partial charge in [-0.05, 0) is 23.3 Å². The fraction of sp³-hybridized carbons (Fsp3) is 0.381. The number of hydrogen-bond donors (Lipinski definition) is 1. The summed E-state index contributed by atoms with van der Waals surface area (Å²) in [5, 5.41) is 2.99. The van der Waals surface area contributed by atoms with Crippen LogP contribution in [0.2, 0.25) is 0 Å². The summed E-state index contributed by atoms with van der Waals surface area (Å²) in [5.74, 6) is 0.308. The van der Waals surface area contributed by atoms with Crippen molar-refractivity contribution in [2.45, 2.75) is 24.4 Å². The van der Waals surface area contributed by atoms with E-state index in [9.17, 15) is 9.18 Å². The minimum absolute atomic E-state index is 0.0139. The van der Waals surface area contributed by atoms with E-state index in [0.717, 1.165) is 38.4 Å². The van der Waals surface area contributed by atoms with Crippen molar-refractivity contribution in [2.75, 3.05) is 32.1 Å². The van der Waals surface area contributed by atoms with Crippen LogP contribution in [0.4, 0.5) is 4.39 Å². The van der Waals surface area contributed by atoms with Crippen molar-refractivity contribution in [1.29, 1.82) is 0 Å². The minimum Gasteiger partial charge on any atom is -0.379 e. The summed E-state index contributed by atoms with van der Waals surface area (Å²) >= 11 is 1.37. The number of carbonyl (C=O) groups excluding carboxylic acids is 1. The van der Waals surface area contributed by atoms with Crippen LogP contribution in [0.5, 0.6) is 0 Å². The smallest absolute Gasteiger partial charge is 0.221 e. The van der Waals surface area contributed by atoms with Crippen LogP contribution >= 0.6 is 11.8 Å². The zero-order chi connectivity index (χ0) is 18.9. The lowest BCUT2D eigenvalue weighted by atomic mass is 10.1. The maximum Gasteiger partial charge on any atom is 0.221 e. The topological polar surface area (TPSA) is 41.6 Å². The van der Waals surface area contributed by atoms with Crippen molar-refractivity contribution in [3.8, 4) is 0 Å². The standard InChI is InChI=1S/C21H25FN2O2S/c22-19-7-3-4-8-20(19)27-14-9-21(25)23-15-17-5-1-2-6-18(17)16-24-10-12-26-13-11-24/h1-8H,9-16H2,(H,23,25). The van der Waals surface area contributed by atoms with Gasteiger partial charge in [-0.3, -0.25) is 9.69 Å². The van der Waals surface area contributed by atoms with Gasteiger partial charge in [0.05, 0.1) is 13.2 Å². The van der Waals surface area contributed by atoms with Crippen LogP contribution in [0.25, 0.3) is 0 Å². The molecular formula is C21H25FN2O2S. The Morgan fingerprint density at radius 1 is 1.07 bits per heavy atom. The fourth-order valence-electron chi connectivity index (χ4n) is 2.98. The molecule has 0 spiro atoms. The zero-order valence-electron chi connectivity index (χ0n) is 15.3. The second kappa shape index (κ2) is 10.4. The normalized spacial score (nSPS) is 14.9. The summed E-state index contributed by atoms with van der Waals surface area (Å²) in [6, 6.07) is 14.9. The molecule has 4 nitrogen and oxygen atoms in total. The highest BCUT2D eigenvalue weighted by Crippen LogP contribution is 2.21. The van der Waals surface area contributed by atoms with Gasteiger partial charge in [0.15, 0.2) is 0 Å². The van der Waals surface area contributed by atoms with E-state index in [1.807, 2.05) is 12.1 Å². The number of carbonyl (C=O) groups is 1. The number of nitrogens with one attached hydrogen (secondary N) is 1. The molecule has 2 aromatic carbocycles. The number of thioether (sulfide) groups is 1. The molecule has 27 heavy (non-hydrogen) atoms. The second-order valence-electron chi connectivity index (χ2n) is 6.46. The number of rotatable bonds is 8. The fourth-order valence-corrected chi connectivity index (χ4v) is 3.87. The number of ether oxygens (including phenoxy) is 1. The molecule has 0 saturated carbocycles. The Hall–Kier alpha value is -1.89. The molecule has 0 aromatic heterocycles. The van der Waals surface area contributed by atoms with Crippen molar-refractivity contribution < 1.29 is 13.9 Å². The average Bonchev–Trinajstić information content (AvgIpc) is 2.70. The highest BCUT2D eigenvalue weighted by Gasteiger charge is 2.13. The van der Waals surface area contributed by atoms with Gasteiger partial charge in [-0.1, -0.05) is 36.4 Å². The molecule has 0 aliphatic carbocycles. The Morgan fingerprint density at radius 3 is 2.56 bits per heavy atom. The van der Waals surface area contributed by atoms with Gasteiger partial charge < -0.3 is 10.1 Å². The Bertz CT molecular complexity index is 750. The molecule has 1 N–H and O–H groups in total. The summed E-state index contributed by atoms with van der Waals surface area (Å²) < 4.78 is 19.0. The summed E-state index contributed by atoms with van der Waals surface area (Å²) in [5.41, 5.74) is 2.37. The molecule has 0 unspecified atom stereocenters. The van der Waals surface area contributed by atoms with E-state index in [-0.39, 0.29) is 11.7 Å². The molecule has 1 saturated heterocycles. The van der Waals surface area contributed by atoms with Crippen molar-refractivity contribution in [3.05, 3.63) is 65.5 Å². The first-order valence-corrected chi connectivity index (χ1v) is 10.2. The first-order chi connectivity index (χ1) is 13.2. The highest BCUT2D eigenvalue weighted by atomic mass is 32.2. The molecule has 6 heteroatoms. The van der Waals surface area contributed by atoms with Gasteiger partial charge in [0.1, 0.15) is 5.82 Å². The Kier molecular flexibility index (Phi) is 7.68. The lowest BCUT2D eigenvalue weighted by molar-refractivity contribution is -0.120. The van der Waals surface area contributed by atoms with Crippen LogP contribution in [-0.2, 0) is 22.6 Å². The van der Waals surface area contributed by atoms with E-state index in [1.54, 1.807) is 18.2 Å². The summed E-state index contributed by atoms with van der Waals surface area (Å²) in [6.07, 6.45) is 0.366. The first-order valence-electron chi connectivity index (χ1n) is 9.23. The third-order valence-corrected chi connectivity index (χ3v) is 5.57. The molecule has 2 aromatic rings. The van der Waals surface area contributed by atoms with Crippen LogP contribution in [0.1, 0.15) is 17.5 Å². The van der Waals surface area contributed by atoms with Crippen LogP contribution in [-0.4, -0.2) is 42.9 Å². The predicted molar refractivity (Wildman–Crippen MR) is 106 cm³/mol. The molecule has 0 bridgehead atoms. The summed E-state index contributed by atoms with van der Waals surface area (Å²) in [6.45, 7) is 4.82. The maximum atomic E-state index is 13.6. The summed E-state index contributed by atoms with van der Waals surface area (Å²) in [4.78, 5) is 15.1. The predicted octanol–water partition coefficient (Wildman–Crippen LogP) is 3.46. The number of benzene rings is 2. The molecule has 1 fully saturated rings. The Morgan fingerprint density at radius 2 is 1.78 bits per heavy atom. The number of nitrogens with zero attached hydrogens (tertiary/aromatic N) is 1. The lowest BCUT2D eigenvalue weighted by Gasteiger charge is -2.27. The van der Waals surface area contributed by atoms with Crippen LogP contribution < -0.4 is 5.32 Å². The zero-order valence-corrected chi connectivity index (χ0v) is 16.1. The van der Waals surface area contributed by atoms with Crippen molar-refractivity contribution in [1.82, 2.24) is 10.2 Å². The van der Waals surface area contributed by atoms with Gasteiger partial charge in [0.2, 0.25) is 5.91 Å². The number of morpholine rings is 1. The van der Waals surface area contributed by atoms with Crippen molar-refractivity contribution in [3.63, 3.8) is 0 Å². The maximum absolute atomic E-state index is 13.6. The number of hydrogen-bond acceptors (Lipinski definition) is 4. The van der Waals surface area contributed by atoms with E-state index in [4.69, 9.17) is 4.74 Å². The van der Waals surface area contributed by atoms with Gasteiger partial charge in [-0.15, -0.1) is 11.8 Å². The highest BCUT2D eigenvalue weighted by molar-refractivity contribution is 7.99. The van der Waals surface area contributed by atoms with Gasteiger partial charge in [0.25, 0.3) is 0 Å². The quantitative estimate of drug-likeness (QED) is 0.704. The molecular weight excluding hydrogens is 363 g/mol. The first kappa shape index (κ1) is 19.9. The number of amides is 1. The van der Waals surface area contributed by atoms with Crippen LogP contribution in [0.3, 0.4) is 0 Å². The molecule has 0 radical (unpaired) electrons. The van der Waals surface area contributed by atoms with E-state index in [0.29, 0.717) is 23.6 Å². The van der Waals surface area contributed by atoms with E-state index >= 15 is 0 Å². The molecule has 1 amide bonds. The molecule has 144 valence electrons. The molecule has 1 heterocycles. The third kappa shape index (κ3) is 6.34. The SMILES string of the molecule is O=C(CCSc1ccccc1F)NCc1ccccc1CN1CCOCC1. The Labute approximate surface area is 164 Å². The van der Waals surface area contributed by atoms with Gasteiger partial charge in [0, 0.05) is 43.2 Å². The second-order valence-corrected chi connectivity index (χ2v) is 7.60. The molecule has 1 aliphatic heterocycles. The number of halogens is 1. The van der Waals surface area contributed by atoms with Crippen molar-refractivity contribution >= 4 is 17.7 Å². The van der Waals surface area contributed by atoms with E-state index in [1.165, 1.54) is 23.4 Å². The van der Waals surface area contributed by atoms with E-state index in [2.05, 4.69) is 22.3 Å². The lowest BCUT2D eigenvalue weighted by Crippen LogP contribution is -2.36. The molecule has 3 rings (SSSR count). The van der Waals surface area contributed by atoms with E-state index < -0.39 is 0 Å². The minimum atomic E-state index is -0.236. The van der Waals surface area contributed by atoms with Gasteiger partial charge in [-0.25, -0.2) is 4.39 Å². The Balaban J connectivity index is 1.45. The third-order valence-electron chi connectivity index (χ3n) is 4.52. The monoisotopic (exact) mass is 388 g/mol. The van der Waals surface area contributed by atoms with Gasteiger partial charge >= 0.3 is 0 Å². The largest absolute Gasteiger partial charge is 0.379 e. The summed E-state index contributed by atoms with van der Waals surface area (Å²) in [7, 11) is 0. The molecule has 0 atom stereocenters.